The fraction of sp³-hybridized carbons (Fsp3) is 0.857. The van der Waals surface area contributed by atoms with Crippen molar-refractivity contribution in [2.45, 2.75) is 57.6 Å². The fourth-order valence-corrected chi connectivity index (χ4v) is 2.83. The summed E-state index contributed by atoms with van der Waals surface area (Å²) in [7, 11) is 2.08. The highest BCUT2D eigenvalue weighted by molar-refractivity contribution is 5.17. The zero-order valence-electron chi connectivity index (χ0n) is 10.7. The van der Waals surface area contributed by atoms with E-state index in [9.17, 15) is 0 Å². The first-order chi connectivity index (χ1) is 7.86. The summed E-state index contributed by atoms with van der Waals surface area (Å²) in [6.45, 7) is 2.95. The van der Waals surface area contributed by atoms with Crippen LogP contribution in [0.15, 0.2) is 11.6 Å². The summed E-state index contributed by atoms with van der Waals surface area (Å²) in [4.78, 5) is 0. The maximum atomic E-state index is 5.97. The Labute approximate surface area is 99.4 Å². The van der Waals surface area contributed by atoms with Crippen molar-refractivity contribution < 1.29 is 4.74 Å². The van der Waals surface area contributed by atoms with E-state index in [1.165, 1.54) is 38.5 Å². The molecule has 0 saturated heterocycles. The smallest absolute Gasteiger partial charge is 0.0794 e. The van der Waals surface area contributed by atoms with Crippen LogP contribution in [0.2, 0.25) is 0 Å². The van der Waals surface area contributed by atoms with Crippen molar-refractivity contribution in [3.63, 3.8) is 0 Å². The van der Waals surface area contributed by atoms with Gasteiger partial charge in [-0.15, -0.1) is 0 Å². The van der Waals surface area contributed by atoms with E-state index < -0.39 is 0 Å². The van der Waals surface area contributed by atoms with Gasteiger partial charge in [0.05, 0.1) is 12.1 Å². The van der Waals surface area contributed by atoms with E-state index in [1.807, 2.05) is 0 Å². The van der Waals surface area contributed by atoms with Gasteiger partial charge in [-0.05, 0) is 58.4 Å². The molecule has 0 amide bonds. The normalized spacial score (nSPS) is 25.0. The highest BCUT2D eigenvalue weighted by atomic mass is 16.5. The van der Waals surface area contributed by atoms with Crippen molar-refractivity contribution in [1.29, 1.82) is 0 Å². The Kier molecular flexibility index (Phi) is 4.42. The molecule has 2 aliphatic rings. The van der Waals surface area contributed by atoms with Crippen LogP contribution in [0, 0.1) is 5.92 Å². The maximum absolute atomic E-state index is 5.97. The third-order valence-corrected chi connectivity index (χ3v) is 3.81. The van der Waals surface area contributed by atoms with Crippen LogP contribution in [-0.2, 0) is 4.74 Å². The lowest BCUT2D eigenvalue weighted by Gasteiger charge is -2.30. The summed E-state index contributed by atoms with van der Waals surface area (Å²) in [5.41, 5.74) is 1.60. The molecule has 0 spiro atoms. The number of hydrogen-bond donors (Lipinski definition) is 1. The van der Waals surface area contributed by atoms with Crippen molar-refractivity contribution >= 4 is 0 Å². The molecule has 0 heterocycles. The molecule has 2 atom stereocenters. The maximum Gasteiger partial charge on any atom is 0.0794 e. The van der Waals surface area contributed by atoms with Gasteiger partial charge in [-0.2, -0.15) is 0 Å². The molecule has 2 unspecified atom stereocenters. The van der Waals surface area contributed by atoms with Crippen molar-refractivity contribution in [2.75, 3.05) is 13.7 Å². The predicted molar refractivity (Wildman–Crippen MR) is 67.5 cm³/mol. The van der Waals surface area contributed by atoms with E-state index in [1.54, 1.807) is 5.57 Å². The third-order valence-electron chi connectivity index (χ3n) is 3.81. The number of allylic oxidation sites excluding steroid dienone is 1. The standard InChI is InChI=1S/C14H25NO/c1-3-16-14(12-9-10-12)13(15-2)11-7-5-4-6-8-11/h7,12-15H,3-6,8-10H2,1-2H3. The zero-order chi connectivity index (χ0) is 11.4. The molecule has 92 valence electrons. The molecule has 2 nitrogen and oxygen atoms in total. The monoisotopic (exact) mass is 223 g/mol. The van der Waals surface area contributed by atoms with Gasteiger partial charge >= 0.3 is 0 Å². The molecule has 0 aromatic carbocycles. The van der Waals surface area contributed by atoms with E-state index in [0.29, 0.717) is 12.1 Å². The van der Waals surface area contributed by atoms with Gasteiger partial charge in [-0.3, -0.25) is 0 Å². The lowest BCUT2D eigenvalue weighted by atomic mass is 9.89. The summed E-state index contributed by atoms with van der Waals surface area (Å²) in [5, 5.41) is 3.48. The minimum Gasteiger partial charge on any atom is -0.376 e. The lowest BCUT2D eigenvalue weighted by Crippen LogP contribution is -2.42. The average Bonchev–Trinajstić information content (AvgIpc) is 3.14. The number of ether oxygens (including phenoxy) is 1. The second kappa shape index (κ2) is 5.83. The van der Waals surface area contributed by atoms with Crippen LogP contribution < -0.4 is 5.32 Å². The van der Waals surface area contributed by atoms with Crippen molar-refractivity contribution in [3.05, 3.63) is 11.6 Å². The highest BCUT2D eigenvalue weighted by Crippen LogP contribution is 2.38. The van der Waals surface area contributed by atoms with E-state index in [-0.39, 0.29) is 0 Å². The Bertz CT molecular complexity index is 245. The van der Waals surface area contributed by atoms with Crippen molar-refractivity contribution in [1.82, 2.24) is 5.32 Å². The molecule has 0 radical (unpaired) electrons. The Morgan fingerprint density at radius 1 is 1.44 bits per heavy atom. The number of nitrogens with one attached hydrogen (secondary N) is 1. The molecule has 0 aliphatic heterocycles. The van der Waals surface area contributed by atoms with E-state index in [4.69, 9.17) is 4.74 Å². The topological polar surface area (TPSA) is 21.3 Å². The van der Waals surface area contributed by atoms with E-state index in [2.05, 4.69) is 25.4 Å². The summed E-state index contributed by atoms with van der Waals surface area (Å²) in [6.07, 6.45) is 10.8. The van der Waals surface area contributed by atoms with Crippen molar-refractivity contribution in [2.24, 2.45) is 5.92 Å². The molecular formula is C14H25NO. The van der Waals surface area contributed by atoms with Gasteiger partial charge in [0.1, 0.15) is 0 Å². The number of rotatable bonds is 6. The first-order valence-electron chi connectivity index (χ1n) is 6.84. The Morgan fingerprint density at radius 3 is 2.75 bits per heavy atom. The molecule has 1 saturated carbocycles. The minimum absolute atomic E-state index is 0.416. The van der Waals surface area contributed by atoms with Gasteiger partial charge in [-0.25, -0.2) is 0 Å². The van der Waals surface area contributed by atoms with Crippen LogP contribution in [0.5, 0.6) is 0 Å². The van der Waals surface area contributed by atoms with E-state index >= 15 is 0 Å². The first kappa shape index (κ1) is 12.1. The van der Waals surface area contributed by atoms with Crippen LogP contribution in [0.25, 0.3) is 0 Å². The Balaban J connectivity index is 2.02. The van der Waals surface area contributed by atoms with Gasteiger partial charge in [0, 0.05) is 6.61 Å². The molecule has 1 N–H and O–H groups in total. The van der Waals surface area contributed by atoms with Gasteiger partial charge in [0.2, 0.25) is 0 Å². The molecule has 0 aromatic heterocycles. The highest BCUT2D eigenvalue weighted by Gasteiger charge is 2.38. The summed E-state index contributed by atoms with van der Waals surface area (Å²) < 4.78 is 5.97. The van der Waals surface area contributed by atoms with Crippen molar-refractivity contribution in [3.8, 4) is 0 Å². The van der Waals surface area contributed by atoms with Gasteiger partial charge in [0.25, 0.3) is 0 Å². The summed E-state index contributed by atoms with van der Waals surface area (Å²) in [5.74, 6) is 0.806. The average molecular weight is 223 g/mol. The largest absolute Gasteiger partial charge is 0.376 e. The van der Waals surface area contributed by atoms with Crippen LogP contribution >= 0.6 is 0 Å². The number of hydrogen-bond acceptors (Lipinski definition) is 2. The van der Waals surface area contributed by atoms with Gasteiger partial charge in [-0.1, -0.05) is 11.6 Å². The van der Waals surface area contributed by atoms with Crippen LogP contribution in [0.3, 0.4) is 0 Å². The summed E-state index contributed by atoms with van der Waals surface area (Å²) in [6, 6.07) is 0.466. The molecule has 1 fully saturated rings. The second-order valence-electron chi connectivity index (χ2n) is 5.05. The van der Waals surface area contributed by atoms with E-state index in [0.717, 1.165) is 12.5 Å². The molecule has 16 heavy (non-hydrogen) atoms. The predicted octanol–water partition coefficient (Wildman–Crippen LogP) is 2.89. The molecule has 2 rings (SSSR count). The quantitative estimate of drug-likeness (QED) is 0.699. The van der Waals surface area contributed by atoms with Gasteiger partial charge < -0.3 is 10.1 Å². The fourth-order valence-electron chi connectivity index (χ4n) is 2.83. The van der Waals surface area contributed by atoms with Crippen LogP contribution in [0.1, 0.15) is 45.4 Å². The SMILES string of the molecule is CCOC(C1CC1)C(NC)C1=CCCCC1. The van der Waals surface area contributed by atoms with Crippen LogP contribution in [0.4, 0.5) is 0 Å². The second-order valence-corrected chi connectivity index (χ2v) is 5.05. The molecular weight excluding hydrogens is 198 g/mol. The molecule has 2 heteroatoms. The Hall–Kier alpha value is -0.340. The lowest BCUT2D eigenvalue weighted by molar-refractivity contribution is 0.0285. The third kappa shape index (κ3) is 2.86. The molecule has 2 aliphatic carbocycles. The summed E-state index contributed by atoms with van der Waals surface area (Å²) >= 11 is 0. The first-order valence-corrected chi connectivity index (χ1v) is 6.84. The molecule has 0 bridgehead atoms. The Morgan fingerprint density at radius 2 is 2.25 bits per heavy atom. The zero-order valence-corrected chi connectivity index (χ0v) is 10.7. The van der Waals surface area contributed by atoms with Gasteiger partial charge in [0.15, 0.2) is 0 Å². The minimum atomic E-state index is 0.416. The van der Waals surface area contributed by atoms with Crippen LogP contribution in [-0.4, -0.2) is 25.8 Å². The number of likely N-dealkylation sites (N-methyl/N-ethyl adjacent to an activating group) is 1. The molecule has 0 aromatic rings.